The van der Waals surface area contributed by atoms with E-state index >= 15 is 0 Å². The molecule has 1 saturated heterocycles. The van der Waals surface area contributed by atoms with E-state index in [9.17, 15) is 0 Å². The smallest absolute Gasteiger partial charge is 0.0473 e. The number of hydrogen-bond acceptors (Lipinski definition) is 3. The van der Waals surface area contributed by atoms with Gasteiger partial charge in [-0.05, 0) is 38.6 Å². The quantitative estimate of drug-likeness (QED) is 0.785. The van der Waals surface area contributed by atoms with Crippen molar-refractivity contribution in [2.75, 3.05) is 26.2 Å². The van der Waals surface area contributed by atoms with Gasteiger partial charge in [-0.15, -0.1) is 0 Å². The van der Waals surface area contributed by atoms with Gasteiger partial charge in [0.1, 0.15) is 0 Å². The first-order valence-corrected chi connectivity index (χ1v) is 7.73. The molecule has 3 heteroatoms. The van der Waals surface area contributed by atoms with Crippen LogP contribution in [0.4, 0.5) is 0 Å². The lowest BCUT2D eigenvalue weighted by atomic mass is 9.93. The summed E-state index contributed by atoms with van der Waals surface area (Å²) in [5, 5.41) is 0. The van der Waals surface area contributed by atoms with Gasteiger partial charge in [-0.1, -0.05) is 20.8 Å². The Bertz CT molecular complexity index is 275. The maximum Gasteiger partial charge on any atom is 0.0473 e. The Balaban J connectivity index is 2.09. The molecular formula is C15H31N3. The van der Waals surface area contributed by atoms with Gasteiger partial charge in [0.15, 0.2) is 0 Å². The van der Waals surface area contributed by atoms with Crippen LogP contribution in [0.25, 0.3) is 0 Å². The van der Waals surface area contributed by atoms with Gasteiger partial charge in [-0.3, -0.25) is 9.80 Å². The fourth-order valence-corrected chi connectivity index (χ4v) is 3.73. The molecule has 1 aliphatic carbocycles. The Kier molecular flexibility index (Phi) is 4.35. The van der Waals surface area contributed by atoms with Crippen LogP contribution in [0.1, 0.15) is 47.0 Å². The molecule has 2 N–H and O–H groups in total. The third-order valence-electron chi connectivity index (χ3n) is 4.75. The molecule has 0 radical (unpaired) electrons. The lowest BCUT2D eigenvalue weighted by Crippen LogP contribution is -2.56. The van der Waals surface area contributed by atoms with E-state index < -0.39 is 0 Å². The molecule has 2 fully saturated rings. The van der Waals surface area contributed by atoms with Crippen molar-refractivity contribution in [3.8, 4) is 0 Å². The van der Waals surface area contributed by atoms with Gasteiger partial charge in [0.2, 0.25) is 0 Å². The summed E-state index contributed by atoms with van der Waals surface area (Å²) in [7, 11) is 0. The molecule has 0 spiro atoms. The Morgan fingerprint density at radius 2 is 2.06 bits per heavy atom. The molecule has 106 valence electrons. The van der Waals surface area contributed by atoms with Crippen molar-refractivity contribution in [1.82, 2.24) is 9.80 Å². The maximum atomic E-state index is 6.20. The summed E-state index contributed by atoms with van der Waals surface area (Å²) in [6.07, 6.45) is 4.06. The van der Waals surface area contributed by atoms with Crippen molar-refractivity contribution in [3.05, 3.63) is 0 Å². The molecule has 0 aromatic carbocycles. The van der Waals surface area contributed by atoms with E-state index in [1.165, 1.54) is 32.4 Å². The van der Waals surface area contributed by atoms with Gasteiger partial charge >= 0.3 is 0 Å². The summed E-state index contributed by atoms with van der Waals surface area (Å²) in [5.41, 5.74) is 6.43. The third-order valence-corrected chi connectivity index (χ3v) is 4.75. The van der Waals surface area contributed by atoms with Crippen LogP contribution in [0, 0.1) is 5.92 Å². The van der Waals surface area contributed by atoms with Gasteiger partial charge in [0.05, 0.1) is 0 Å². The molecule has 18 heavy (non-hydrogen) atoms. The largest absolute Gasteiger partial charge is 0.329 e. The molecule has 2 rings (SSSR count). The Morgan fingerprint density at radius 3 is 2.50 bits per heavy atom. The molecule has 3 nitrogen and oxygen atoms in total. The number of rotatable bonds is 6. The van der Waals surface area contributed by atoms with E-state index in [2.05, 4.69) is 37.5 Å². The summed E-state index contributed by atoms with van der Waals surface area (Å²) in [4.78, 5) is 5.37. The number of likely N-dealkylation sites (N-methyl/N-ethyl adjacent to an activating group) is 1. The van der Waals surface area contributed by atoms with Crippen LogP contribution in [0.15, 0.2) is 0 Å². The molecule has 0 aromatic rings. The molecule has 2 aliphatic rings. The van der Waals surface area contributed by atoms with E-state index in [0.717, 1.165) is 25.0 Å². The standard InChI is InChI=1S/C15H31N3/c1-5-17(9-12(2)3)15(10-16)8-13(4)18(11-15)14-6-7-14/h12-14H,5-11,16H2,1-4H3. The van der Waals surface area contributed by atoms with E-state index in [-0.39, 0.29) is 5.54 Å². The minimum Gasteiger partial charge on any atom is -0.329 e. The lowest BCUT2D eigenvalue weighted by Gasteiger charge is -2.41. The van der Waals surface area contributed by atoms with Gasteiger partial charge in [-0.2, -0.15) is 0 Å². The SMILES string of the molecule is CCN(CC(C)C)C1(CN)CC(C)N(C2CC2)C1. The Morgan fingerprint density at radius 1 is 1.39 bits per heavy atom. The third kappa shape index (κ3) is 2.73. The molecule has 0 bridgehead atoms. The van der Waals surface area contributed by atoms with Crippen LogP contribution < -0.4 is 5.73 Å². The fraction of sp³-hybridized carbons (Fsp3) is 1.00. The van der Waals surface area contributed by atoms with Crippen LogP contribution in [0.2, 0.25) is 0 Å². The minimum absolute atomic E-state index is 0.237. The molecule has 2 atom stereocenters. The van der Waals surface area contributed by atoms with E-state index in [4.69, 9.17) is 5.73 Å². The average molecular weight is 253 g/mol. The van der Waals surface area contributed by atoms with Gasteiger partial charge in [0.25, 0.3) is 0 Å². The van der Waals surface area contributed by atoms with Crippen LogP contribution in [0.5, 0.6) is 0 Å². The van der Waals surface area contributed by atoms with Crippen LogP contribution in [-0.2, 0) is 0 Å². The van der Waals surface area contributed by atoms with Crippen molar-refractivity contribution in [1.29, 1.82) is 0 Å². The van der Waals surface area contributed by atoms with Gasteiger partial charge in [-0.25, -0.2) is 0 Å². The summed E-state index contributed by atoms with van der Waals surface area (Å²) in [6, 6.07) is 1.58. The van der Waals surface area contributed by atoms with Gasteiger partial charge < -0.3 is 5.73 Å². The first kappa shape index (κ1) is 14.3. The molecular weight excluding hydrogens is 222 g/mol. The highest BCUT2D eigenvalue weighted by atomic mass is 15.3. The number of likely N-dealkylation sites (tertiary alicyclic amines) is 1. The zero-order chi connectivity index (χ0) is 13.3. The fourth-order valence-electron chi connectivity index (χ4n) is 3.73. The second-order valence-corrected chi connectivity index (χ2v) is 6.82. The first-order valence-electron chi connectivity index (χ1n) is 7.73. The maximum absolute atomic E-state index is 6.20. The summed E-state index contributed by atoms with van der Waals surface area (Å²) in [6.45, 7) is 13.6. The van der Waals surface area contributed by atoms with E-state index in [1.54, 1.807) is 0 Å². The molecule has 0 amide bonds. The number of nitrogens with zero attached hydrogens (tertiary/aromatic N) is 2. The first-order chi connectivity index (χ1) is 8.52. The second-order valence-electron chi connectivity index (χ2n) is 6.82. The summed E-state index contributed by atoms with van der Waals surface area (Å²) in [5.74, 6) is 0.721. The molecule has 0 aromatic heterocycles. The van der Waals surface area contributed by atoms with E-state index in [1.807, 2.05) is 0 Å². The number of hydrogen-bond donors (Lipinski definition) is 1. The molecule has 1 saturated carbocycles. The highest BCUT2D eigenvalue weighted by Gasteiger charge is 2.48. The topological polar surface area (TPSA) is 32.5 Å². The predicted octanol–water partition coefficient (Wildman–Crippen LogP) is 1.92. The number of nitrogens with two attached hydrogens (primary N) is 1. The molecule has 1 heterocycles. The monoisotopic (exact) mass is 253 g/mol. The van der Waals surface area contributed by atoms with Crippen LogP contribution in [-0.4, -0.2) is 53.6 Å². The molecule has 2 unspecified atom stereocenters. The van der Waals surface area contributed by atoms with Crippen molar-refractivity contribution < 1.29 is 0 Å². The zero-order valence-electron chi connectivity index (χ0n) is 12.7. The van der Waals surface area contributed by atoms with Gasteiger partial charge in [0, 0.05) is 37.3 Å². The highest BCUT2D eigenvalue weighted by Crippen LogP contribution is 2.39. The van der Waals surface area contributed by atoms with Crippen molar-refractivity contribution >= 4 is 0 Å². The van der Waals surface area contributed by atoms with Crippen LogP contribution in [0.3, 0.4) is 0 Å². The predicted molar refractivity (Wildman–Crippen MR) is 77.7 cm³/mol. The van der Waals surface area contributed by atoms with Crippen molar-refractivity contribution in [2.45, 2.75) is 64.6 Å². The normalized spacial score (nSPS) is 33.8. The molecule has 1 aliphatic heterocycles. The average Bonchev–Trinajstić information content (AvgIpc) is 3.10. The van der Waals surface area contributed by atoms with Crippen LogP contribution >= 0.6 is 0 Å². The second kappa shape index (κ2) is 5.48. The lowest BCUT2D eigenvalue weighted by molar-refractivity contribution is 0.0903. The summed E-state index contributed by atoms with van der Waals surface area (Å²) >= 11 is 0. The zero-order valence-corrected chi connectivity index (χ0v) is 12.7. The summed E-state index contributed by atoms with van der Waals surface area (Å²) < 4.78 is 0. The Hall–Kier alpha value is -0.120. The van der Waals surface area contributed by atoms with Crippen molar-refractivity contribution in [2.24, 2.45) is 11.7 Å². The van der Waals surface area contributed by atoms with Crippen molar-refractivity contribution in [3.63, 3.8) is 0 Å². The Labute approximate surface area is 113 Å². The van der Waals surface area contributed by atoms with E-state index in [0.29, 0.717) is 6.04 Å². The minimum atomic E-state index is 0.237. The highest BCUT2D eigenvalue weighted by molar-refractivity contribution is 5.06.